The molecule has 0 bridgehead atoms. The van der Waals surface area contributed by atoms with E-state index in [2.05, 4.69) is 25.7 Å². The quantitative estimate of drug-likeness (QED) is 0.512. The Bertz CT molecular complexity index is 222. The third-order valence-electron chi connectivity index (χ3n) is 1.70. The zero-order valence-electron chi connectivity index (χ0n) is 9.22. The minimum Gasteiger partial charge on any atom is -0.399 e. The average Bonchev–Trinajstić information content (AvgIpc) is 2.02. The molecule has 0 N–H and O–H groups in total. The van der Waals surface area contributed by atoms with Crippen molar-refractivity contribution >= 4 is 8.32 Å². The lowest BCUT2D eigenvalue weighted by atomic mass is 10.1. The molecule has 0 aromatic carbocycles. The molecule has 13 heavy (non-hydrogen) atoms. The zero-order valence-corrected chi connectivity index (χ0v) is 10.2. The molecule has 0 saturated heterocycles. The molecule has 0 heterocycles. The third kappa shape index (κ3) is 4.86. The van der Waals surface area contributed by atoms with Crippen molar-refractivity contribution < 1.29 is 4.43 Å². The molecule has 0 spiro atoms. The molecule has 0 saturated carbocycles. The molecule has 0 aromatic heterocycles. The van der Waals surface area contributed by atoms with Crippen molar-refractivity contribution in [3.05, 3.63) is 11.6 Å². The molecule has 2 nitrogen and oxygen atoms in total. The highest BCUT2D eigenvalue weighted by Gasteiger charge is 2.22. The first-order valence-corrected chi connectivity index (χ1v) is 8.08. The molecule has 1 atom stereocenters. The fraction of sp³-hybridized carbons (Fsp3) is 0.700. The SMILES string of the molecule is C/C=C(\CC)[C@@H](C#N)O[Si](C)(C)C. The zero-order chi connectivity index (χ0) is 10.5. The van der Waals surface area contributed by atoms with Gasteiger partial charge < -0.3 is 4.43 Å². The van der Waals surface area contributed by atoms with Crippen molar-refractivity contribution in [3.63, 3.8) is 0 Å². The van der Waals surface area contributed by atoms with Gasteiger partial charge in [-0.2, -0.15) is 5.26 Å². The van der Waals surface area contributed by atoms with E-state index in [1.807, 2.05) is 19.9 Å². The van der Waals surface area contributed by atoms with Crippen LogP contribution in [0.25, 0.3) is 0 Å². The predicted molar refractivity (Wildman–Crippen MR) is 57.9 cm³/mol. The first kappa shape index (κ1) is 12.4. The molecule has 74 valence electrons. The van der Waals surface area contributed by atoms with Crippen molar-refractivity contribution in [2.45, 2.75) is 46.0 Å². The number of nitrogens with zero attached hydrogens (tertiary/aromatic N) is 1. The number of hydrogen-bond acceptors (Lipinski definition) is 2. The topological polar surface area (TPSA) is 33.0 Å². The van der Waals surface area contributed by atoms with Crippen LogP contribution in [0.5, 0.6) is 0 Å². The van der Waals surface area contributed by atoms with E-state index in [0.717, 1.165) is 12.0 Å². The standard InChI is InChI=1S/C10H19NOSi/c1-6-9(7-2)10(8-11)12-13(3,4)5/h6,10H,7H2,1-5H3/b9-6+/t10-/m1/s1. The Morgan fingerprint density at radius 1 is 1.54 bits per heavy atom. The number of allylic oxidation sites excluding steroid dienone is 1. The number of nitriles is 1. The summed E-state index contributed by atoms with van der Waals surface area (Å²) in [5, 5.41) is 8.93. The molecule has 0 aromatic rings. The molecule has 0 unspecified atom stereocenters. The molecular weight excluding hydrogens is 178 g/mol. The number of rotatable bonds is 4. The summed E-state index contributed by atoms with van der Waals surface area (Å²) < 4.78 is 5.74. The van der Waals surface area contributed by atoms with Gasteiger partial charge in [-0.05, 0) is 38.6 Å². The Kier molecular flexibility index (Phi) is 4.97. The lowest BCUT2D eigenvalue weighted by molar-refractivity contribution is 0.280. The molecule has 0 amide bonds. The third-order valence-corrected chi connectivity index (χ3v) is 2.65. The van der Waals surface area contributed by atoms with E-state index in [4.69, 9.17) is 9.69 Å². The van der Waals surface area contributed by atoms with Crippen LogP contribution in [-0.4, -0.2) is 14.4 Å². The van der Waals surface area contributed by atoms with Crippen LogP contribution in [0.2, 0.25) is 19.6 Å². The maximum atomic E-state index is 8.93. The lowest BCUT2D eigenvalue weighted by Gasteiger charge is -2.22. The Labute approximate surface area is 82.3 Å². The maximum Gasteiger partial charge on any atom is 0.185 e. The van der Waals surface area contributed by atoms with Crippen molar-refractivity contribution in [2.75, 3.05) is 0 Å². The van der Waals surface area contributed by atoms with E-state index >= 15 is 0 Å². The van der Waals surface area contributed by atoms with Crippen molar-refractivity contribution in [3.8, 4) is 6.07 Å². The summed E-state index contributed by atoms with van der Waals surface area (Å²) in [5.74, 6) is 0. The van der Waals surface area contributed by atoms with Crippen molar-refractivity contribution in [1.29, 1.82) is 5.26 Å². The normalized spacial score (nSPS) is 15.2. The van der Waals surface area contributed by atoms with Crippen LogP contribution in [0.4, 0.5) is 0 Å². The molecule has 0 aliphatic rings. The van der Waals surface area contributed by atoms with Gasteiger partial charge in [0.05, 0.1) is 6.07 Å². The van der Waals surface area contributed by atoms with Gasteiger partial charge in [0.15, 0.2) is 14.4 Å². The van der Waals surface area contributed by atoms with E-state index < -0.39 is 8.32 Å². The molecule has 0 rings (SSSR count). The minimum absolute atomic E-state index is 0.332. The van der Waals surface area contributed by atoms with Gasteiger partial charge in [-0.1, -0.05) is 13.0 Å². The summed E-state index contributed by atoms with van der Waals surface area (Å²) in [6.07, 6.45) is 2.54. The van der Waals surface area contributed by atoms with Crippen LogP contribution in [0, 0.1) is 11.3 Å². The van der Waals surface area contributed by atoms with Crippen LogP contribution >= 0.6 is 0 Å². The lowest BCUT2D eigenvalue weighted by Crippen LogP contribution is -2.32. The molecular formula is C10H19NOSi. The second kappa shape index (κ2) is 5.20. The van der Waals surface area contributed by atoms with Gasteiger partial charge in [0.2, 0.25) is 0 Å². The highest BCUT2D eigenvalue weighted by atomic mass is 28.4. The Hall–Kier alpha value is -0.593. The second-order valence-electron chi connectivity index (χ2n) is 3.96. The fourth-order valence-corrected chi connectivity index (χ4v) is 1.99. The van der Waals surface area contributed by atoms with Gasteiger partial charge in [-0.15, -0.1) is 0 Å². The Morgan fingerprint density at radius 3 is 2.31 bits per heavy atom. The minimum atomic E-state index is -1.60. The summed E-state index contributed by atoms with van der Waals surface area (Å²) in [5.41, 5.74) is 1.09. The van der Waals surface area contributed by atoms with E-state index in [9.17, 15) is 0 Å². The van der Waals surface area contributed by atoms with Gasteiger partial charge >= 0.3 is 0 Å². The molecule has 0 aliphatic heterocycles. The van der Waals surface area contributed by atoms with Gasteiger partial charge in [0, 0.05) is 0 Å². The smallest absolute Gasteiger partial charge is 0.185 e. The fourth-order valence-electron chi connectivity index (χ4n) is 1.08. The molecule has 3 heteroatoms. The maximum absolute atomic E-state index is 8.93. The van der Waals surface area contributed by atoms with Gasteiger partial charge in [-0.25, -0.2) is 0 Å². The summed E-state index contributed by atoms with van der Waals surface area (Å²) in [6.45, 7) is 10.3. The second-order valence-corrected chi connectivity index (χ2v) is 8.42. The molecule has 0 radical (unpaired) electrons. The highest BCUT2D eigenvalue weighted by Crippen LogP contribution is 2.15. The van der Waals surface area contributed by atoms with E-state index in [1.54, 1.807) is 0 Å². The summed E-state index contributed by atoms with van der Waals surface area (Å²) in [7, 11) is -1.60. The van der Waals surface area contributed by atoms with Crippen LogP contribution in [0.15, 0.2) is 11.6 Å². The first-order valence-electron chi connectivity index (χ1n) is 4.67. The van der Waals surface area contributed by atoms with Gasteiger partial charge in [0.25, 0.3) is 0 Å². The van der Waals surface area contributed by atoms with Gasteiger partial charge in [0.1, 0.15) is 0 Å². The van der Waals surface area contributed by atoms with Crippen LogP contribution in [0.3, 0.4) is 0 Å². The highest BCUT2D eigenvalue weighted by molar-refractivity contribution is 6.69. The van der Waals surface area contributed by atoms with E-state index in [0.29, 0.717) is 0 Å². The summed E-state index contributed by atoms with van der Waals surface area (Å²) in [6, 6.07) is 2.20. The largest absolute Gasteiger partial charge is 0.399 e. The Morgan fingerprint density at radius 2 is 2.08 bits per heavy atom. The van der Waals surface area contributed by atoms with Crippen LogP contribution in [0.1, 0.15) is 20.3 Å². The number of hydrogen-bond donors (Lipinski definition) is 0. The van der Waals surface area contributed by atoms with Crippen molar-refractivity contribution in [2.24, 2.45) is 0 Å². The molecule has 0 aliphatic carbocycles. The predicted octanol–water partition coefficient (Wildman–Crippen LogP) is 3.09. The summed E-state index contributed by atoms with van der Waals surface area (Å²) in [4.78, 5) is 0. The van der Waals surface area contributed by atoms with E-state index in [-0.39, 0.29) is 6.10 Å². The molecule has 0 fully saturated rings. The summed E-state index contributed by atoms with van der Waals surface area (Å²) >= 11 is 0. The van der Waals surface area contributed by atoms with Gasteiger partial charge in [-0.3, -0.25) is 0 Å². The Balaban J connectivity index is 4.46. The monoisotopic (exact) mass is 197 g/mol. The van der Waals surface area contributed by atoms with Crippen LogP contribution in [-0.2, 0) is 4.43 Å². The van der Waals surface area contributed by atoms with E-state index in [1.165, 1.54) is 0 Å². The van der Waals surface area contributed by atoms with Crippen LogP contribution < -0.4 is 0 Å². The first-order chi connectivity index (χ1) is 5.94. The average molecular weight is 197 g/mol. The van der Waals surface area contributed by atoms with Crippen molar-refractivity contribution in [1.82, 2.24) is 0 Å².